The zero-order chi connectivity index (χ0) is 18.3. The summed E-state index contributed by atoms with van der Waals surface area (Å²) in [7, 11) is 0. The Morgan fingerprint density at radius 3 is 2.24 bits per heavy atom. The number of carbonyl (C=O) groups is 2. The van der Waals surface area contributed by atoms with Crippen LogP contribution in [0.4, 0.5) is 9.59 Å². The van der Waals surface area contributed by atoms with Crippen LogP contribution < -0.4 is 16.0 Å². The van der Waals surface area contributed by atoms with Crippen LogP contribution in [0.1, 0.15) is 72.1 Å². The molecule has 0 radical (unpaired) electrons. The summed E-state index contributed by atoms with van der Waals surface area (Å²) in [5, 5.41) is 9.04. The monoisotopic (exact) mass is 352 g/mol. The molecule has 6 nitrogen and oxygen atoms in total. The summed E-state index contributed by atoms with van der Waals surface area (Å²) in [6.45, 7) is 8.28. The second-order valence-corrected chi connectivity index (χ2v) is 8.63. The Kier molecular flexibility index (Phi) is 7.38. The van der Waals surface area contributed by atoms with Gasteiger partial charge in [-0.1, -0.05) is 19.3 Å². The Hall–Kier alpha value is -1.46. The quantitative estimate of drug-likeness (QED) is 0.727. The van der Waals surface area contributed by atoms with Gasteiger partial charge in [0.2, 0.25) is 0 Å². The van der Waals surface area contributed by atoms with E-state index in [9.17, 15) is 9.59 Å². The van der Waals surface area contributed by atoms with Gasteiger partial charge in [-0.15, -0.1) is 0 Å². The van der Waals surface area contributed by atoms with Crippen molar-refractivity contribution in [1.29, 1.82) is 0 Å². The van der Waals surface area contributed by atoms with Crippen molar-refractivity contribution in [1.82, 2.24) is 20.9 Å². The smallest absolute Gasteiger partial charge is 0.317 e. The van der Waals surface area contributed by atoms with Gasteiger partial charge in [0.05, 0.1) is 0 Å². The van der Waals surface area contributed by atoms with Gasteiger partial charge in [0.25, 0.3) is 0 Å². The molecule has 2 aliphatic rings. The van der Waals surface area contributed by atoms with Crippen LogP contribution in [0, 0.1) is 5.92 Å². The molecule has 2 fully saturated rings. The standard InChI is InChI=1S/C19H36N4O2/c1-19(2,3)22-17(24)20-12-9-15-10-13-23(14-11-15)18(25)21-16-7-5-4-6-8-16/h15-16H,4-14H2,1-3H3,(H,21,25)(H2,20,22,24). The first-order chi connectivity index (χ1) is 11.8. The Bertz CT molecular complexity index is 433. The lowest BCUT2D eigenvalue weighted by atomic mass is 9.93. The number of rotatable bonds is 4. The molecule has 1 aliphatic heterocycles. The van der Waals surface area contributed by atoms with Crippen molar-refractivity contribution in [3.05, 3.63) is 0 Å². The average molecular weight is 353 g/mol. The number of likely N-dealkylation sites (tertiary alicyclic amines) is 1. The van der Waals surface area contributed by atoms with Crippen LogP contribution in [0.5, 0.6) is 0 Å². The molecule has 0 aromatic rings. The number of hydrogen-bond donors (Lipinski definition) is 3. The fourth-order valence-corrected chi connectivity index (χ4v) is 3.71. The molecule has 1 heterocycles. The van der Waals surface area contributed by atoms with Gasteiger partial charge in [-0.2, -0.15) is 0 Å². The normalized spacial score (nSPS) is 20.2. The molecule has 0 aromatic carbocycles. The minimum atomic E-state index is -0.207. The van der Waals surface area contributed by atoms with Crippen molar-refractivity contribution in [2.24, 2.45) is 5.92 Å². The molecule has 0 aromatic heterocycles. The molecule has 144 valence electrons. The third-order valence-corrected chi connectivity index (χ3v) is 5.16. The summed E-state index contributed by atoms with van der Waals surface area (Å²) >= 11 is 0. The molecule has 1 saturated heterocycles. The van der Waals surface area contributed by atoms with Crippen LogP contribution in [-0.4, -0.2) is 48.2 Å². The van der Waals surface area contributed by atoms with E-state index in [1.165, 1.54) is 19.3 Å². The predicted molar refractivity (Wildman–Crippen MR) is 101 cm³/mol. The lowest BCUT2D eigenvalue weighted by Gasteiger charge is -2.34. The molecule has 0 spiro atoms. The van der Waals surface area contributed by atoms with E-state index in [-0.39, 0.29) is 17.6 Å². The van der Waals surface area contributed by atoms with Gasteiger partial charge in [-0.25, -0.2) is 9.59 Å². The van der Waals surface area contributed by atoms with E-state index < -0.39 is 0 Å². The summed E-state index contributed by atoms with van der Waals surface area (Å²) in [6, 6.07) is 0.398. The number of nitrogens with zero attached hydrogens (tertiary/aromatic N) is 1. The van der Waals surface area contributed by atoms with Gasteiger partial charge in [-0.3, -0.25) is 0 Å². The maximum atomic E-state index is 12.4. The summed E-state index contributed by atoms with van der Waals surface area (Å²) in [4.78, 5) is 26.1. The first-order valence-corrected chi connectivity index (χ1v) is 9.95. The van der Waals surface area contributed by atoms with Crippen LogP contribution in [0.15, 0.2) is 0 Å². The minimum absolute atomic E-state index is 0.100. The number of nitrogens with one attached hydrogen (secondary N) is 3. The lowest BCUT2D eigenvalue weighted by Crippen LogP contribution is -2.49. The first-order valence-electron chi connectivity index (χ1n) is 9.95. The lowest BCUT2D eigenvalue weighted by molar-refractivity contribution is 0.162. The van der Waals surface area contributed by atoms with E-state index in [0.29, 0.717) is 18.5 Å². The van der Waals surface area contributed by atoms with Gasteiger partial charge in [0, 0.05) is 31.2 Å². The van der Waals surface area contributed by atoms with Gasteiger partial charge in [0.15, 0.2) is 0 Å². The summed E-state index contributed by atoms with van der Waals surface area (Å²) in [6.07, 6.45) is 9.08. The summed E-state index contributed by atoms with van der Waals surface area (Å²) in [5.74, 6) is 0.591. The average Bonchev–Trinajstić information content (AvgIpc) is 2.54. The largest absolute Gasteiger partial charge is 0.338 e. The van der Waals surface area contributed by atoms with E-state index in [4.69, 9.17) is 0 Å². The molecule has 0 bridgehead atoms. The van der Waals surface area contributed by atoms with Crippen LogP contribution >= 0.6 is 0 Å². The topological polar surface area (TPSA) is 73.5 Å². The molecule has 6 heteroatoms. The highest BCUT2D eigenvalue weighted by Gasteiger charge is 2.25. The second-order valence-electron chi connectivity index (χ2n) is 8.63. The van der Waals surface area contributed by atoms with E-state index in [0.717, 1.165) is 45.2 Å². The van der Waals surface area contributed by atoms with Crippen LogP contribution in [0.25, 0.3) is 0 Å². The maximum absolute atomic E-state index is 12.4. The van der Waals surface area contributed by atoms with Crippen LogP contribution in [-0.2, 0) is 0 Å². The molecular formula is C19H36N4O2. The van der Waals surface area contributed by atoms with Crippen molar-refractivity contribution >= 4 is 12.1 Å². The van der Waals surface area contributed by atoms with Crippen molar-refractivity contribution in [2.75, 3.05) is 19.6 Å². The molecule has 25 heavy (non-hydrogen) atoms. The molecule has 1 aliphatic carbocycles. The molecule has 4 amide bonds. The molecule has 0 unspecified atom stereocenters. The van der Waals surface area contributed by atoms with E-state index >= 15 is 0 Å². The third-order valence-electron chi connectivity index (χ3n) is 5.16. The number of piperidine rings is 1. The predicted octanol–water partition coefficient (Wildman–Crippen LogP) is 3.23. The zero-order valence-electron chi connectivity index (χ0n) is 16.2. The highest BCUT2D eigenvalue weighted by atomic mass is 16.2. The maximum Gasteiger partial charge on any atom is 0.317 e. The number of urea groups is 2. The van der Waals surface area contributed by atoms with Gasteiger partial charge in [-0.05, 0) is 58.8 Å². The second kappa shape index (κ2) is 9.30. The Morgan fingerprint density at radius 1 is 1.00 bits per heavy atom. The number of amides is 4. The Balaban J connectivity index is 1.59. The highest BCUT2D eigenvalue weighted by molar-refractivity contribution is 5.75. The van der Waals surface area contributed by atoms with Gasteiger partial charge < -0.3 is 20.9 Å². The fourth-order valence-electron chi connectivity index (χ4n) is 3.71. The Morgan fingerprint density at radius 2 is 1.64 bits per heavy atom. The highest BCUT2D eigenvalue weighted by Crippen LogP contribution is 2.21. The van der Waals surface area contributed by atoms with Crippen LogP contribution in [0.3, 0.4) is 0 Å². The molecule has 3 N–H and O–H groups in total. The molecular weight excluding hydrogens is 316 g/mol. The molecule has 2 rings (SSSR count). The van der Waals surface area contributed by atoms with Crippen molar-refractivity contribution in [3.8, 4) is 0 Å². The summed E-state index contributed by atoms with van der Waals surface area (Å²) < 4.78 is 0. The van der Waals surface area contributed by atoms with E-state index in [2.05, 4.69) is 16.0 Å². The molecule has 1 saturated carbocycles. The van der Waals surface area contributed by atoms with Crippen LogP contribution in [0.2, 0.25) is 0 Å². The number of hydrogen-bond acceptors (Lipinski definition) is 2. The Labute approximate surface area is 152 Å². The first kappa shape index (κ1) is 19.9. The van der Waals surface area contributed by atoms with E-state index in [1.54, 1.807) is 0 Å². The van der Waals surface area contributed by atoms with Gasteiger partial charge in [0.1, 0.15) is 0 Å². The third kappa shape index (κ3) is 7.53. The van der Waals surface area contributed by atoms with Crippen molar-refractivity contribution in [2.45, 2.75) is 83.7 Å². The summed E-state index contributed by atoms with van der Waals surface area (Å²) in [5.41, 5.74) is -0.207. The number of carbonyl (C=O) groups excluding carboxylic acids is 2. The SMILES string of the molecule is CC(C)(C)NC(=O)NCCC1CCN(C(=O)NC2CCCCC2)CC1. The van der Waals surface area contributed by atoms with Crippen molar-refractivity contribution in [3.63, 3.8) is 0 Å². The zero-order valence-corrected chi connectivity index (χ0v) is 16.2. The fraction of sp³-hybridized carbons (Fsp3) is 0.895. The van der Waals surface area contributed by atoms with Crippen molar-refractivity contribution < 1.29 is 9.59 Å². The van der Waals surface area contributed by atoms with E-state index in [1.807, 2.05) is 25.7 Å². The minimum Gasteiger partial charge on any atom is -0.338 e. The molecule has 0 atom stereocenters. The van der Waals surface area contributed by atoms with Gasteiger partial charge >= 0.3 is 12.1 Å².